The molecule has 2 aromatic carbocycles. The molecule has 2 aliphatic heterocycles. The number of piperidine rings is 1. The van der Waals surface area contributed by atoms with Gasteiger partial charge in [0.25, 0.3) is 0 Å². The number of aryl methyl sites for hydroxylation is 2. The monoisotopic (exact) mass is 885 g/mol. The third kappa shape index (κ3) is 8.18. The summed E-state index contributed by atoms with van der Waals surface area (Å²) in [7, 11) is 0. The molecule has 2 fully saturated rings. The Hall–Kier alpha value is -5.97. The Labute approximate surface area is 375 Å². The van der Waals surface area contributed by atoms with Gasteiger partial charge in [-0.1, -0.05) is 62.3 Å². The van der Waals surface area contributed by atoms with Gasteiger partial charge < -0.3 is 40.6 Å². The number of carbonyl (C=O) groups excluding carboxylic acids is 3. The van der Waals surface area contributed by atoms with E-state index in [1.54, 1.807) is 29.5 Å². The Kier molecular flexibility index (Phi) is 11.9. The van der Waals surface area contributed by atoms with Crippen LogP contribution in [0, 0.1) is 12.8 Å². The third-order valence-corrected chi connectivity index (χ3v) is 14.5. The lowest BCUT2D eigenvalue weighted by atomic mass is 9.79. The standard InChI is InChI=1S/C48H55N9O6S/c1-5-35(28-10-12-30(13-11-28)43-27(4)50-25-64-43)52-45(60)39-20-31(58)24-57(39)46(61)42(26(2)3)41-22-37(55-63-41)29-15-18-56(19-16-29)47(62)48(49)17-14-36-34(23-48)33-21-38(53-54-44(33)51-36)32-8-6-7-9-40(32)59/h6-13,21-22,25-26,29,31,35,39,42,58-59H,5,14-20,23-24,49H2,1-4H3,(H,51,54)(H,52,60)/t31-,35+,39+,42-,48+/m1/s1. The first-order valence-corrected chi connectivity index (χ1v) is 23.2. The number of nitrogens with two attached hydrogens (primary N) is 1. The summed E-state index contributed by atoms with van der Waals surface area (Å²) in [4.78, 5) is 54.8. The number of carbonyl (C=O) groups is 3. The van der Waals surface area contributed by atoms with Crippen molar-refractivity contribution in [3.8, 4) is 27.4 Å². The minimum absolute atomic E-state index is 0.00865. The molecule has 0 radical (unpaired) electrons. The summed E-state index contributed by atoms with van der Waals surface area (Å²) in [6, 6.07) is 17.8. The molecular formula is C48H55N9O6S. The number of amides is 3. The van der Waals surface area contributed by atoms with E-state index >= 15 is 0 Å². The topological polar surface area (TPSA) is 217 Å². The molecule has 15 nitrogen and oxygen atoms in total. The summed E-state index contributed by atoms with van der Waals surface area (Å²) in [6.45, 7) is 8.91. The lowest BCUT2D eigenvalue weighted by Crippen LogP contribution is -2.59. The molecule has 334 valence electrons. The van der Waals surface area contributed by atoms with Crippen LogP contribution in [0.1, 0.15) is 105 Å². The Morgan fingerprint density at radius 3 is 2.55 bits per heavy atom. The Morgan fingerprint density at radius 2 is 1.84 bits per heavy atom. The van der Waals surface area contributed by atoms with Crippen LogP contribution >= 0.6 is 11.3 Å². The highest BCUT2D eigenvalue weighted by atomic mass is 32.1. The quantitative estimate of drug-likeness (QED) is 0.0972. The molecule has 0 bridgehead atoms. The highest BCUT2D eigenvalue weighted by molar-refractivity contribution is 7.13. The van der Waals surface area contributed by atoms with Crippen LogP contribution in [0.5, 0.6) is 5.75 Å². The molecule has 5 atom stereocenters. The first-order chi connectivity index (χ1) is 30.8. The van der Waals surface area contributed by atoms with E-state index in [4.69, 9.17) is 10.3 Å². The Morgan fingerprint density at radius 1 is 1.08 bits per heavy atom. The van der Waals surface area contributed by atoms with Crippen LogP contribution in [0.2, 0.25) is 0 Å². The molecule has 16 heteroatoms. The first kappa shape index (κ1) is 43.3. The van der Waals surface area contributed by atoms with E-state index in [1.807, 2.05) is 80.6 Å². The van der Waals surface area contributed by atoms with Gasteiger partial charge in [0.1, 0.15) is 29.0 Å². The van der Waals surface area contributed by atoms with Crippen LogP contribution in [-0.2, 0) is 27.2 Å². The number of likely N-dealkylation sites (tertiary alicyclic amines) is 2. The van der Waals surface area contributed by atoms with Gasteiger partial charge in [0, 0.05) is 61.1 Å². The van der Waals surface area contributed by atoms with Crippen LogP contribution in [0.25, 0.3) is 32.7 Å². The summed E-state index contributed by atoms with van der Waals surface area (Å²) in [5.74, 6) is -1.03. The number of aromatic hydroxyl groups is 1. The SMILES string of the molecule is CC[C@H](NC(=O)[C@@H]1C[C@@H](O)CN1C(=O)[C@@H](c1cc(C2CCN(C(=O)[C@]3(N)CCc4[nH]c5nnc(-c6ccccc6O)cc5c4C3)CC2)no1)C(C)C)c1ccc(-c2scnc2C)cc1. The molecule has 6 heterocycles. The zero-order chi connectivity index (χ0) is 44.9. The number of thiazole rings is 1. The van der Waals surface area contributed by atoms with Crippen molar-refractivity contribution in [2.75, 3.05) is 19.6 Å². The number of para-hydroxylation sites is 1. The highest BCUT2D eigenvalue weighted by Gasteiger charge is 2.45. The van der Waals surface area contributed by atoms with E-state index < -0.39 is 23.6 Å². The molecule has 3 aliphatic rings. The van der Waals surface area contributed by atoms with Crippen molar-refractivity contribution in [2.45, 2.75) is 108 Å². The summed E-state index contributed by atoms with van der Waals surface area (Å²) < 4.78 is 5.93. The third-order valence-electron chi connectivity index (χ3n) is 13.6. The van der Waals surface area contributed by atoms with Gasteiger partial charge in [-0.2, -0.15) is 0 Å². The molecule has 0 saturated carbocycles. The van der Waals surface area contributed by atoms with Crippen molar-refractivity contribution in [1.29, 1.82) is 0 Å². The van der Waals surface area contributed by atoms with Gasteiger partial charge in [-0.15, -0.1) is 21.5 Å². The van der Waals surface area contributed by atoms with Crippen molar-refractivity contribution in [3.63, 3.8) is 0 Å². The fourth-order valence-electron chi connectivity index (χ4n) is 9.96. The van der Waals surface area contributed by atoms with Gasteiger partial charge in [-0.3, -0.25) is 14.4 Å². The fourth-order valence-corrected chi connectivity index (χ4v) is 10.8. The zero-order valence-corrected chi connectivity index (χ0v) is 37.4. The summed E-state index contributed by atoms with van der Waals surface area (Å²) in [5, 5.41) is 38.5. The lowest BCUT2D eigenvalue weighted by Gasteiger charge is -2.39. The molecule has 6 aromatic rings. The minimum atomic E-state index is -1.10. The number of aliphatic hydroxyl groups is 1. The van der Waals surface area contributed by atoms with E-state index in [-0.39, 0.29) is 54.3 Å². The van der Waals surface area contributed by atoms with Crippen LogP contribution in [0.15, 0.2) is 70.7 Å². The number of phenols is 1. The van der Waals surface area contributed by atoms with E-state index in [9.17, 15) is 24.6 Å². The van der Waals surface area contributed by atoms with Gasteiger partial charge in [0.05, 0.1) is 39.6 Å². The first-order valence-electron chi connectivity index (χ1n) is 22.3. The lowest BCUT2D eigenvalue weighted by molar-refractivity contribution is -0.141. The fraction of sp³-hybridized carbons (Fsp3) is 0.438. The number of H-pyrrole nitrogens is 1. The molecular weight excluding hydrogens is 831 g/mol. The molecule has 6 N–H and O–H groups in total. The van der Waals surface area contributed by atoms with E-state index in [1.165, 1.54) is 4.90 Å². The van der Waals surface area contributed by atoms with Crippen LogP contribution in [-0.4, -0.2) is 100 Å². The molecule has 1 aliphatic carbocycles. The molecule has 9 rings (SSSR count). The number of nitrogens with one attached hydrogen (secondary N) is 2. The summed E-state index contributed by atoms with van der Waals surface area (Å²) in [5.41, 5.74) is 15.2. The molecule has 0 unspecified atom stereocenters. The van der Waals surface area contributed by atoms with Crippen molar-refractivity contribution < 1.29 is 29.1 Å². The summed E-state index contributed by atoms with van der Waals surface area (Å²) >= 11 is 1.59. The number of hydrogen-bond donors (Lipinski definition) is 5. The molecule has 3 amide bonds. The van der Waals surface area contributed by atoms with Gasteiger partial charge in [-0.05, 0) is 79.8 Å². The van der Waals surface area contributed by atoms with Crippen LogP contribution in [0.4, 0.5) is 0 Å². The second kappa shape index (κ2) is 17.5. The van der Waals surface area contributed by atoms with Crippen molar-refractivity contribution in [1.82, 2.24) is 40.4 Å². The minimum Gasteiger partial charge on any atom is -0.507 e. The van der Waals surface area contributed by atoms with Crippen molar-refractivity contribution in [2.24, 2.45) is 11.7 Å². The molecule has 0 spiro atoms. The smallest absolute Gasteiger partial charge is 0.243 e. The van der Waals surface area contributed by atoms with Gasteiger partial charge in [0.2, 0.25) is 17.7 Å². The highest BCUT2D eigenvalue weighted by Crippen LogP contribution is 2.39. The second-order valence-electron chi connectivity index (χ2n) is 18.1. The summed E-state index contributed by atoms with van der Waals surface area (Å²) in [6.07, 6.45) is 2.69. The number of aromatic nitrogens is 5. The molecule has 64 heavy (non-hydrogen) atoms. The number of benzene rings is 2. The Bertz CT molecular complexity index is 2680. The van der Waals surface area contributed by atoms with E-state index in [2.05, 4.69) is 30.6 Å². The number of rotatable bonds is 11. The van der Waals surface area contributed by atoms with Gasteiger partial charge in [0.15, 0.2) is 5.65 Å². The number of aromatic amines is 1. The van der Waals surface area contributed by atoms with Gasteiger partial charge >= 0.3 is 0 Å². The van der Waals surface area contributed by atoms with Crippen LogP contribution < -0.4 is 11.1 Å². The average Bonchev–Trinajstić information content (AvgIpc) is 4.12. The maximum atomic E-state index is 14.4. The van der Waals surface area contributed by atoms with E-state index in [0.717, 1.165) is 44.0 Å². The zero-order valence-electron chi connectivity index (χ0n) is 36.6. The van der Waals surface area contributed by atoms with Crippen molar-refractivity contribution >= 4 is 40.1 Å². The average molecular weight is 886 g/mol. The second-order valence-corrected chi connectivity index (χ2v) is 19.0. The maximum Gasteiger partial charge on any atom is 0.243 e. The van der Waals surface area contributed by atoms with E-state index in [0.29, 0.717) is 74.3 Å². The number of phenolic OH excluding ortho intramolecular Hbond substituents is 1. The largest absolute Gasteiger partial charge is 0.507 e. The number of aliphatic hydroxyl groups excluding tert-OH is 1. The number of hydrogen-bond acceptors (Lipinski definition) is 12. The molecule has 4 aromatic heterocycles. The number of β-amino-alcohol motifs (C(OH)–C–C–N with tert-alkyl or cyclic N) is 1. The maximum absolute atomic E-state index is 14.4. The number of fused-ring (bicyclic) bond motifs is 3. The number of nitrogens with zero attached hydrogens (tertiary/aromatic N) is 6. The Balaban J connectivity index is 0.839. The predicted octanol–water partition coefficient (Wildman–Crippen LogP) is 6.31. The molecule has 2 saturated heterocycles. The van der Waals surface area contributed by atoms with Crippen molar-refractivity contribution in [3.05, 3.63) is 100 Å². The predicted molar refractivity (Wildman–Crippen MR) is 242 cm³/mol. The normalized spacial score (nSPS) is 21.3. The van der Waals surface area contributed by atoms with Crippen LogP contribution in [0.3, 0.4) is 0 Å². The van der Waals surface area contributed by atoms with Gasteiger partial charge in [-0.25, -0.2) is 4.98 Å².